The van der Waals surface area contributed by atoms with E-state index in [1.165, 1.54) is 11.8 Å². The number of carboxylic acid groups (broad SMARTS) is 1. The van der Waals surface area contributed by atoms with Gasteiger partial charge in [0.15, 0.2) is 5.92 Å². The molecule has 0 fully saturated rings. The van der Waals surface area contributed by atoms with Crippen LogP contribution in [0.2, 0.25) is 0 Å². The number of carbonyl (C=O) groups is 3. The fourth-order valence-corrected chi connectivity index (χ4v) is 2.85. The largest absolute Gasteiger partial charge is 0.481 e. The number of pyridine rings is 1. The summed E-state index contributed by atoms with van der Waals surface area (Å²) >= 11 is 0. The van der Waals surface area contributed by atoms with E-state index >= 15 is 0 Å². The Morgan fingerprint density at radius 1 is 1.42 bits per heavy atom. The minimum Gasteiger partial charge on any atom is -0.481 e. The van der Waals surface area contributed by atoms with Gasteiger partial charge in [-0.3, -0.25) is 19.4 Å². The molecule has 7 heteroatoms. The van der Waals surface area contributed by atoms with Crippen LogP contribution in [0, 0.1) is 5.92 Å². The molecule has 3 atom stereocenters. The molecule has 24 heavy (non-hydrogen) atoms. The first kappa shape index (κ1) is 17.9. The number of nitrogens with zero attached hydrogens (tertiary/aromatic N) is 2. The fraction of sp³-hybridized carbons (Fsp3) is 0.529. The van der Waals surface area contributed by atoms with Gasteiger partial charge in [0, 0.05) is 25.9 Å². The summed E-state index contributed by atoms with van der Waals surface area (Å²) in [5.41, 5.74) is 1.76. The first-order valence-corrected chi connectivity index (χ1v) is 7.97. The van der Waals surface area contributed by atoms with Crippen molar-refractivity contribution < 1.29 is 24.2 Å². The van der Waals surface area contributed by atoms with Crippen LogP contribution in [0.1, 0.15) is 38.3 Å². The van der Waals surface area contributed by atoms with Gasteiger partial charge in [-0.1, -0.05) is 6.92 Å². The summed E-state index contributed by atoms with van der Waals surface area (Å²) in [4.78, 5) is 41.6. The summed E-state index contributed by atoms with van der Waals surface area (Å²) in [6, 6.07) is 1.02. The molecule has 0 aromatic carbocycles. The molecule has 1 aromatic heterocycles. The Bertz CT molecular complexity index is 646. The van der Waals surface area contributed by atoms with Crippen LogP contribution in [-0.4, -0.2) is 45.0 Å². The molecule has 0 spiro atoms. The minimum atomic E-state index is -1.41. The summed E-state index contributed by atoms with van der Waals surface area (Å²) in [6.07, 6.45) is 3.78. The van der Waals surface area contributed by atoms with Crippen molar-refractivity contribution in [2.75, 3.05) is 0 Å². The summed E-state index contributed by atoms with van der Waals surface area (Å²) in [6.45, 7) is 5.16. The number of fused-ring (bicyclic) bond motifs is 1. The second-order valence-electron chi connectivity index (χ2n) is 6.03. The highest BCUT2D eigenvalue weighted by atomic mass is 16.5. The molecule has 1 amide bonds. The first-order chi connectivity index (χ1) is 11.3. The summed E-state index contributed by atoms with van der Waals surface area (Å²) < 4.78 is 5.22. The molecule has 2 heterocycles. The van der Waals surface area contributed by atoms with Crippen molar-refractivity contribution in [1.29, 1.82) is 0 Å². The van der Waals surface area contributed by atoms with E-state index in [0.717, 1.165) is 11.1 Å². The zero-order chi connectivity index (χ0) is 17.9. The van der Waals surface area contributed by atoms with E-state index in [9.17, 15) is 19.5 Å². The van der Waals surface area contributed by atoms with Crippen LogP contribution in [-0.2, 0) is 32.1 Å². The maximum absolute atomic E-state index is 12.4. The maximum atomic E-state index is 12.4. The van der Waals surface area contributed by atoms with Crippen LogP contribution in [0.4, 0.5) is 0 Å². The van der Waals surface area contributed by atoms with Crippen LogP contribution in [0.15, 0.2) is 18.5 Å². The highest BCUT2D eigenvalue weighted by molar-refractivity contribution is 5.95. The summed E-state index contributed by atoms with van der Waals surface area (Å²) in [7, 11) is 0. The van der Waals surface area contributed by atoms with Crippen LogP contribution in [0.5, 0.6) is 0 Å². The van der Waals surface area contributed by atoms with Crippen LogP contribution >= 0.6 is 0 Å². The number of aliphatic carboxylic acids is 1. The third kappa shape index (κ3) is 3.72. The van der Waals surface area contributed by atoms with E-state index in [2.05, 4.69) is 4.98 Å². The molecule has 0 saturated carbocycles. The zero-order valence-corrected chi connectivity index (χ0v) is 14.1. The van der Waals surface area contributed by atoms with Crippen molar-refractivity contribution in [3.63, 3.8) is 0 Å². The number of ether oxygens (including phenoxy) is 1. The van der Waals surface area contributed by atoms with Gasteiger partial charge in [-0.25, -0.2) is 0 Å². The Morgan fingerprint density at radius 3 is 2.71 bits per heavy atom. The fourth-order valence-electron chi connectivity index (χ4n) is 2.85. The second kappa shape index (κ2) is 7.42. The Labute approximate surface area is 140 Å². The van der Waals surface area contributed by atoms with E-state index in [0.29, 0.717) is 6.42 Å². The van der Waals surface area contributed by atoms with E-state index in [1.54, 1.807) is 25.4 Å². The standard InChI is InChI=1S/C17H22N2O5/c1-4-10(2)24-17(23)15(16(21)22)14-7-12-5-6-18-8-13(12)9-19(14)11(3)20/h5-6,8,10,14-15H,4,7,9H2,1-3H3,(H,21,22). The van der Waals surface area contributed by atoms with Crippen LogP contribution in [0.25, 0.3) is 0 Å². The van der Waals surface area contributed by atoms with Crippen LogP contribution in [0.3, 0.4) is 0 Å². The molecule has 1 aliphatic rings. The van der Waals surface area contributed by atoms with E-state index in [-0.39, 0.29) is 25.0 Å². The Balaban J connectivity index is 2.34. The molecule has 3 unspecified atom stereocenters. The average Bonchev–Trinajstić information content (AvgIpc) is 2.53. The molecule has 2 rings (SSSR count). The molecular weight excluding hydrogens is 312 g/mol. The van der Waals surface area contributed by atoms with Gasteiger partial charge in [-0.15, -0.1) is 0 Å². The predicted molar refractivity (Wildman–Crippen MR) is 84.9 cm³/mol. The van der Waals surface area contributed by atoms with Gasteiger partial charge in [0.2, 0.25) is 5.91 Å². The van der Waals surface area contributed by atoms with E-state index in [1.807, 2.05) is 6.92 Å². The normalized spacial score (nSPS) is 19.1. The number of rotatable bonds is 5. The van der Waals surface area contributed by atoms with Gasteiger partial charge in [0.25, 0.3) is 0 Å². The van der Waals surface area contributed by atoms with Crippen molar-refractivity contribution in [3.05, 3.63) is 29.6 Å². The maximum Gasteiger partial charge on any atom is 0.322 e. The predicted octanol–water partition coefficient (Wildman–Crippen LogP) is 1.40. The number of hydrogen-bond donors (Lipinski definition) is 1. The molecule has 0 bridgehead atoms. The van der Waals surface area contributed by atoms with E-state index in [4.69, 9.17) is 4.74 Å². The first-order valence-electron chi connectivity index (χ1n) is 7.97. The Kier molecular flexibility index (Phi) is 5.54. The third-order valence-electron chi connectivity index (χ3n) is 4.38. The van der Waals surface area contributed by atoms with Gasteiger partial charge < -0.3 is 14.7 Å². The average molecular weight is 334 g/mol. The number of esters is 1. The molecule has 0 radical (unpaired) electrons. The molecule has 0 saturated heterocycles. The third-order valence-corrected chi connectivity index (χ3v) is 4.38. The van der Waals surface area contributed by atoms with Gasteiger partial charge in [-0.2, -0.15) is 0 Å². The number of carboxylic acids is 1. The molecule has 130 valence electrons. The lowest BCUT2D eigenvalue weighted by molar-refractivity contribution is -0.166. The number of aromatic nitrogens is 1. The quantitative estimate of drug-likeness (QED) is 0.646. The van der Waals surface area contributed by atoms with Crippen molar-refractivity contribution in [1.82, 2.24) is 9.88 Å². The molecule has 1 aromatic rings. The highest BCUT2D eigenvalue weighted by Crippen LogP contribution is 2.28. The lowest BCUT2D eigenvalue weighted by Gasteiger charge is -2.38. The van der Waals surface area contributed by atoms with Crippen molar-refractivity contribution in [2.45, 2.75) is 52.3 Å². The van der Waals surface area contributed by atoms with Gasteiger partial charge in [0.05, 0.1) is 12.1 Å². The van der Waals surface area contributed by atoms with Crippen molar-refractivity contribution in [2.24, 2.45) is 5.92 Å². The van der Waals surface area contributed by atoms with Gasteiger partial charge in [0.1, 0.15) is 0 Å². The topological polar surface area (TPSA) is 96.8 Å². The molecule has 0 aliphatic carbocycles. The summed E-state index contributed by atoms with van der Waals surface area (Å²) in [5, 5.41) is 9.58. The van der Waals surface area contributed by atoms with Crippen molar-refractivity contribution >= 4 is 17.8 Å². The van der Waals surface area contributed by atoms with E-state index < -0.39 is 23.9 Å². The van der Waals surface area contributed by atoms with Crippen LogP contribution < -0.4 is 0 Å². The minimum absolute atomic E-state index is 0.240. The SMILES string of the molecule is CCC(C)OC(=O)C(C(=O)O)C1Cc2ccncc2CN1C(C)=O. The van der Waals surface area contributed by atoms with Crippen molar-refractivity contribution in [3.8, 4) is 0 Å². The molecule has 1 N–H and O–H groups in total. The molecule has 7 nitrogen and oxygen atoms in total. The monoisotopic (exact) mass is 334 g/mol. The number of hydrogen-bond acceptors (Lipinski definition) is 5. The molecular formula is C17H22N2O5. The lowest BCUT2D eigenvalue weighted by Crippen LogP contribution is -2.52. The Hall–Kier alpha value is -2.44. The summed E-state index contributed by atoms with van der Waals surface area (Å²) in [5.74, 6) is -3.77. The number of carbonyl (C=O) groups excluding carboxylic acids is 2. The second-order valence-corrected chi connectivity index (χ2v) is 6.03. The Morgan fingerprint density at radius 2 is 2.12 bits per heavy atom. The van der Waals surface area contributed by atoms with Gasteiger partial charge >= 0.3 is 11.9 Å². The van der Waals surface area contributed by atoms with Gasteiger partial charge in [-0.05, 0) is 37.0 Å². The smallest absolute Gasteiger partial charge is 0.322 e. The number of amides is 1. The molecule has 1 aliphatic heterocycles. The lowest BCUT2D eigenvalue weighted by atomic mass is 9.87. The highest BCUT2D eigenvalue weighted by Gasteiger charge is 2.43. The zero-order valence-electron chi connectivity index (χ0n) is 14.1.